The number of pyridine rings is 1. The number of ether oxygens (including phenoxy) is 3. The third-order valence-electron chi connectivity index (χ3n) is 8.72. The summed E-state index contributed by atoms with van der Waals surface area (Å²) in [7, 11) is 1.71. The van der Waals surface area contributed by atoms with Gasteiger partial charge in [0, 0.05) is 68.0 Å². The van der Waals surface area contributed by atoms with Crippen molar-refractivity contribution >= 4 is 47.5 Å². The van der Waals surface area contributed by atoms with Gasteiger partial charge in [0.1, 0.15) is 5.60 Å². The number of likely N-dealkylation sites (tertiary alicyclic amines) is 1. The minimum absolute atomic E-state index is 0. The first-order valence-electron chi connectivity index (χ1n) is 14.9. The number of rotatable bonds is 9. The van der Waals surface area contributed by atoms with Crippen LogP contribution in [0.2, 0.25) is 0 Å². The molecule has 41 heavy (non-hydrogen) atoms. The molecule has 7 rings (SSSR count). The molecule has 2 aliphatic carbocycles. The zero-order valence-electron chi connectivity index (χ0n) is 24.9. The third kappa shape index (κ3) is 7.08. The maximum atomic E-state index is 12.3. The molecular formula is C31H46Cl2N4O4. The second-order valence-corrected chi connectivity index (χ2v) is 13.1. The number of aromatic nitrogens is 1. The van der Waals surface area contributed by atoms with Crippen LogP contribution in [0.3, 0.4) is 0 Å². The average Bonchev–Trinajstić information content (AvgIpc) is 3.31. The lowest BCUT2D eigenvalue weighted by Gasteiger charge is -2.47. The van der Waals surface area contributed by atoms with Crippen LogP contribution in [-0.4, -0.2) is 79.5 Å². The molecule has 3 aliphatic heterocycles. The lowest BCUT2D eigenvalue weighted by Crippen LogP contribution is -2.53. The topological polar surface area (TPSA) is 76.2 Å². The van der Waals surface area contributed by atoms with Gasteiger partial charge in [-0.3, -0.25) is 4.98 Å². The SMILES string of the molecule is COc1cc2c(NCC3CN(C(=O)OC(C)(C)C)C3)c3c(nc2cc1OCCCN1CC2CC(C2)C1)CCC3.Cl.Cl. The molecule has 8 nitrogen and oxygen atoms in total. The van der Waals surface area contributed by atoms with Gasteiger partial charge in [0.05, 0.1) is 19.2 Å². The van der Waals surface area contributed by atoms with E-state index < -0.39 is 5.60 Å². The molecule has 2 bridgehead atoms. The van der Waals surface area contributed by atoms with Crippen LogP contribution in [-0.2, 0) is 17.6 Å². The summed E-state index contributed by atoms with van der Waals surface area (Å²) in [5.74, 6) is 3.80. The molecule has 3 saturated heterocycles. The van der Waals surface area contributed by atoms with Gasteiger partial charge in [-0.1, -0.05) is 0 Å². The summed E-state index contributed by atoms with van der Waals surface area (Å²) in [5, 5.41) is 4.82. The maximum Gasteiger partial charge on any atom is 0.410 e. The molecule has 1 amide bonds. The number of nitrogens with one attached hydrogen (secondary N) is 1. The molecule has 1 aromatic carbocycles. The van der Waals surface area contributed by atoms with Crippen LogP contribution in [0.5, 0.6) is 11.5 Å². The number of hydrogen-bond donors (Lipinski definition) is 1. The van der Waals surface area contributed by atoms with E-state index in [9.17, 15) is 4.79 Å². The largest absolute Gasteiger partial charge is 0.493 e. The average molecular weight is 610 g/mol. The highest BCUT2D eigenvalue weighted by molar-refractivity contribution is 5.96. The molecule has 4 heterocycles. The zero-order chi connectivity index (χ0) is 27.1. The summed E-state index contributed by atoms with van der Waals surface area (Å²) in [5.41, 5.74) is 4.16. The molecule has 0 atom stereocenters. The van der Waals surface area contributed by atoms with Crippen molar-refractivity contribution in [2.45, 2.75) is 64.9 Å². The molecule has 0 unspecified atom stereocenters. The highest BCUT2D eigenvalue weighted by Gasteiger charge is 2.36. The van der Waals surface area contributed by atoms with Crippen molar-refractivity contribution in [2.75, 3.05) is 58.3 Å². The summed E-state index contributed by atoms with van der Waals surface area (Å²) < 4.78 is 17.5. The number of aryl methyl sites for hydroxylation is 1. The molecule has 2 aromatic rings. The second-order valence-electron chi connectivity index (χ2n) is 13.1. The van der Waals surface area contributed by atoms with Crippen molar-refractivity contribution in [1.29, 1.82) is 0 Å². The minimum Gasteiger partial charge on any atom is -0.493 e. The van der Waals surface area contributed by atoms with Crippen molar-refractivity contribution in [3.8, 4) is 11.5 Å². The van der Waals surface area contributed by atoms with Gasteiger partial charge in [0.15, 0.2) is 11.5 Å². The third-order valence-corrected chi connectivity index (χ3v) is 8.72. The van der Waals surface area contributed by atoms with Gasteiger partial charge in [-0.05, 0) is 82.8 Å². The van der Waals surface area contributed by atoms with Crippen molar-refractivity contribution < 1.29 is 19.0 Å². The quantitative estimate of drug-likeness (QED) is 0.352. The molecule has 1 saturated carbocycles. The number of fused-ring (bicyclic) bond motifs is 4. The fourth-order valence-electron chi connectivity index (χ4n) is 6.80. The van der Waals surface area contributed by atoms with Gasteiger partial charge in [0.2, 0.25) is 0 Å². The number of hydrogen-bond acceptors (Lipinski definition) is 7. The van der Waals surface area contributed by atoms with E-state index in [2.05, 4.69) is 22.3 Å². The summed E-state index contributed by atoms with van der Waals surface area (Å²) in [6.45, 7) is 12.3. The standard InChI is InChI=1S/C31H44N4O4.2ClH/c1-31(2,3)39-30(36)35-18-22(19-35)15-32-29-23-7-5-8-25(23)33-26-14-28(27(37-4)13-24(26)29)38-10-6-9-34-16-20-11-21(12-20)17-34;;/h13-14,20-22H,5-12,15-19H2,1-4H3,(H,32,33);2*1H. The van der Waals surface area contributed by atoms with Crippen LogP contribution in [0.15, 0.2) is 12.1 Å². The highest BCUT2D eigenvalue weighted by Crippen LogP contribution is 2.41. The fourth-order valence-corrected chi connectivity index (χ4v) is 6.80. The Bertz CT molecular complexity index is 1220. The number of carbonyl (C=O) groups is 1. The Balaban J connectivity index is 0.00000194. The summed E-state index contributed by atoms with van der Waals surface area (Å²) in [6.07, 6.45) is 6.86. The van der Waals surface area contributed by atoms with Crippen LogP contribution in [0.1, 0.15) is 57.7 Å². The Morgan fingerprint density at radius 2 is 1.78 bits per heavy atom. The van der Waals surface area contributed by atoms with Crippen LogP contribution in [0.25, 0.3) is 10.9 Å². The predicted molar refractivity (Wildman–Crippen MR) is 167 cm³/mol. The van der Waals surface area contributed by atoms with E-state index in [0.717, 1.165) is 78.7 Å². The number of anilines is 1. The van der Waals surface area contributed by atoms with E-state index in [4.69, 9.17) is 19.2 Å². The van der Waals surface area contributed by atoms with Crippen LogP contribution in [0, 0.1) is 17.8 Å². The number of carbonyl (C=O) groups excluding carboxylic acids is 1. The van der Waals surface area contributed by atoms with Crippen molar-refractivity contribution in [3.05, 3.63) is 23.4 Å². The first-order chi connectivity index (χ1) is 18.8. The highest BCUT2D eigenvalue weighted by atomic mass is 35.5. The molecule has 4 fully saturated rings. The maximum absolute atomic E-state index is 12.3. The van der Waals surface area contributed by atoms with E-state index in [0.29, 0.717) is 25.6 Å². The molecule has 10 heteroatoms. The number of methoxy groups -OCH3 is 1. The van der Waals surface area contributed by atoms with Crippen molar-refractivity contribution in [3.63, 3.8) is 0 Å². The number of halogens is 2. The van der Waals surface area contributed by atoms with Crippen LogP contribution in [0.4, 0.5) is 10.5 Å². The Morgan fingerprint density at radius 3 is 2.46 bits per heavy atom. The molecule has 0 spiro atoms. The van der Waals surface area contributed by atoms with Gasteiger partial charge >= 0.3 is 6.09 Å². The Labute approximate surface area is 256 Å². The van der Waals surface area contributed by atoms with E-state index in [1.807, 2.05) is 20.8 Å². The molecule has 228 valence electrons. The van der Waals surface area contributed by atoms with Gasteiger partial charge < -0.3 is 29.3 Å². The lowest BCUT2D eigenvalue weighted by molar-refractivity contribution is 0.000842. The lowest BCUT2D eigenvalue weighted by atomic mass is 9.71. The van der Waals surface area contributed by atoms with Crippen LogP contribution < -0.4 is 14.8 Å². The van der Waals surface area contributed by atoms with Crippen molar-refractivity contribution in [1.82, 2.24) is 14.8 Å². The van der Waals surface area contributed by atoms with Gasteiger partial charge in [-0.2, -0.15) is 0 Å². The van der Waals surface area contributed by atoms with E-state index in [1.54, 1.807) is 12.0 Å². The van der Waals surface area contributed by atoms with E-state index in [1.165, 1.54) is 37.2 Å². The van der Waals surface area contributed by atoms with E-state index >= 15 is 0 Å². The van der Waals surface area contributed by atoms with Crippen molar-refractivity contribution in [2.24, 2.45) is 17.8 Å². The molecule has 0 radical (unpaired) electrons. The number of piperidine rings is 2. The Kier molecular flexibility index (Phi) is 10.1. The molecule has 5 aliphatic rings. The van der Waals surface area contributed by atoms with Crippen LogP contribution >= 0.6 is 24.8 Å². The normalized spacial score (nSPS) is 21.6. The van der Waals surface area contributed by atoms with Gasteiger partial charge in [0.25, 0.3) is 0 Å². The predicted octanol–water partition coefficient (Wildman–Crippen LogP) is 5.97. The number of amides is 1. The van der Waals surface area contributed by atoms with E-state index in [-0.39, 0.29) is 30.9 Å². The van der Waals surface area contributed by atoms with Gasteiger partial charge in [-0.15, -0.1) is 24.8 Å². The summed E-state index contributed by atoms with van der Waals surface area (Å²) in [4.78, 5) is 21.8. The molecular weight excluding hydrogens is 563 g/mol. The fraction of sp³-hybridized carbons (Fsp3) is 0.677. The zero-order valence-corrected chi connectivity index (χ0v) is 26.5. The second kappa shape index (κ2) is 13.0. The minimum atomic E-state index is -0.466. The Morgan fingerprint density at radius 1 is 1.05 bits per heavy atom. The van der Waals surface area contributed by atoms with Gasteiger partial charge in [-0.25, -0.2) is 4.79 Å². The number of benzene rings is 1. The molecule has 1 aromatic heterocycles. The first kappa shape index (κ1) is 31.8. The monoisotopic (exact) mass is 608 g/mol. The number of nitrogens with zero attached hydrogens (tertiary/aromatic N) is 3. The summed E-state index contributed by atoms with van der Waals surface area (Å²) >= 11 is 0. The summed E-state index contributed by atoms with van der Waals surface area (Å²) in [6, 6.07) is 4.14. The molecule has 1 N–H and O–H groups in total. The Hall–Kier alpha value is -2.16. The first-order valence-corrected chi connectivity index (χ1v) is 14.9. The smallest absolute Gasteiger partial charge is 0.410 e.